The summed E-state index contributed by atoms with van der Waals surface area (Å²) in [5.41, 5.74) is 1.54. The minimum absolute atomic E-state index is 0.244. The van der Waals surface area contributed by atoms with Gasteiger partial charge in [-0.2, -0.15) is 9.97 Å². The molecule has 136 valence electrons. The molecule has 0 aliphatic carbocycles. The Morgan fingerprint density at radius 1 is 1.08 bits per heavy atom. The van der Waals surface area contributed by atoms with Gasteiger partial charge in [0.05, 0.1) is 13.2 Å². The lowest BCUT2D eigenvalue weighted by molar-refractivity contribution is 0.122. The van der Waals surface area contributed by atoms with E-state index in [4.69, 9.17) is 19.7 Å². The average Bonchev–Trinajstić information content (AvgIpc) is 2.99. The Labute approximate surface area is 151 Å². The van der Waals surface area contributed by atoms with Crippen molar-refractivity contribution in [3.05, 3.63) is 24.3 Å². The molecule has 1 fully saturated rings. The Morgan fingerprint density at radius 2 is 1.81 bits per heavy atom. The molecule has 3 aromatic rings. The van der Waals surface area contributed by atoms with Crippen molar-refractivity contribution in [3.63, 3.8) is 0 Å². The fraction of sp³-hybridized carbons (Fsp3) is 0.471. The fourth-order valence-corrected chi connectivity index (χ4v) is 3.15. The van der Waals surface area contributed by atoms with Gasteiger partial charge in [0.1, 0.15) is 5.82 Å². The predicted octanol–water partition coefficient (Wildman–Crippen LogP) is 2.09. The van der Waals surface area contributed by atoms with Crippen LogP contribution < -0.4 is 10.2 Å². The Morgan fingerprint density at radius 3 is 2.50 bits per heavy atom. The highest BCUT2D eigenvalue weighted by Gasteiger charge is 2.21. The Balaban J connectivity index is 1.85. The predicted molar refractivity (Wildman–Crippen MR) is 98.8 cm³/mol. The van der Waals surface area contributed by atoms with Crippen molar-refractivity contribution < 1.29 is 4.74 Å². The van der Waals surface area contributed by atoms with Gasteiger partial charge in [0.2, 0.25) is 11.9 Å². The molecule has 9 nitrogen and oxygen atoms in total. The highest BCUT2D eigenvalue weighted by molar-refractivity contribution is 5.86. The second-order valence-corrected chi connectivity index (χ2v) is 6.46. The topological polar surface area (TPSA) is 93.9 Å². The van der Waals surface area contributed by atoms with Crippen LogP contribution in [0.1, 0.15) is 25.7 Å². The first-order chi connectivity index (χ1) is 12.6. The van der Waals surface area contributed by atoms with E-state index in [1.54, 1.807) is 18.5 Å². The minimum atomic E-state index is 0.244. The zero-order chi connectivity index (χ0) is 18.1. The molecule has 3 aromatic heterocycles. The summed E-state index contributed by atoms with van der Waals surface area (Å²) in [6.45, 7) is 9.11. The third-order valence-corrected chi connectivity index (χ3v) is 4.31. The smallest absolute Gasteiger partial charge is 0.229 e. The molecule has 0 bridgehead atoms. The summed E-state index contributed by atoms with van der Waals surface area (Å²) in [5, 5.41) is 3.20. The number of anilines is 3. The summed E-state index contributed by atoms with van der Waals surface area (Å²) in [6.07, 6.45) is 3.38. The molecule has 1 aliphatic heterocycles. The number of nitrogens with zero attached hydrogens (tertiary/aromatic N) is 7. The van der Waals surface area contributed by atoms with Gasteiger partial charge in [-0.25, -0.2) is 15.0 Å². The number of fused-ring (bicyclic) bond motifs is 1. The third kappa shape index (κ3) is 3.05. The standard InChI is InChI=1S/C17H22N8O/c1-11(2)25-12(3)20-13-14(21-16-18-5-4-6-19-16)22-17(23-15(13)25)24-7-9-26-10-8-24/h4-6,11H,7-10H2,1-3H3,(H,18,19,21,22,23). The molecule has 26 heavy (non-hydrogen) atoms. The van der Waals surface area contributed by atoms with Gasteiger partial charge in [-0.15, -0.1) is 0 Å². The summed E-state index contributed by atoms with van der Waals surface area (Å²) in [4.78, 5) is 24.8. The zero-order valence-electron chi connectivity index (χ0n) is 15.2. The minimum Gasteiger partial charge on any atom is -0.378 e. The van der Waals surface area contributed by atoms with Crippen molar-refractivity contribution in [2.45, 2.75) is 26.8 Å². The van der Waals surface area contributed by atoms with Crippen LogP contribution in [-0.2, 0) is 4.74 Å². The molecule has 4 rings (SSSR count). The first kappa shape index (κ1) is 16.6. The van der Waals surface area contributed by atoms with Crippen molar-refractivity contribution in [3.8, 4) is 0 Å². The van der Waals surface area contributed by atoms with Crippen LogP contribution in [0.4, 0.5) is 17.7 Å². The van der Waals surface area contributed by atoms with Crippen molar-refractivity contribution >= 4 is 28.9 Å². The molecule has 1 N–H and O–H groups in total. The maximum Gasteiger partial charge on any atom is 0.229 e. The van der Waals surface area contributed by atoms with Crippen LogP contribution in [0.2, 0.25) is 0 Å². The summed E-state index contributed by atoms with van der Waals surface area (Å²) in [7, 11) is 0. The van der Waals surface area contributed by atoms with Crippen LogP contribution >= 0.6 is 0 Å². The molecule has 0 radical (unpaired) electrons. The maximum atomic E-state index is 5.45. The Kier molecular flexibility index (Phi) is 4.37. The largest absolute Gasteiger partial charge is 0.378 e. The van der Waals surface area contributed by atoms with Crippen LogP contribution in [0.25, 0.3) is 11.2 Å². The lowest BCUT2D eigenvalue weighted by Gasteiger charge is -2.27. The zero-order valence-corrected chi connectivity index (χ0v) is 15.2. The van der Waals surface area contributed by atoms with Crippen LogP contribution in [0.5, 0.6) is 0 Å². The van der Waals surface area contributed by atoms with Gasteiger partial charge in [-0.05, 0) is 26.8 Å². The second-order valence-electron chi connectivity index (χ2n) is 6.46. The fourth-order valence-electron chi connectivity index (χ4n) is 3.15. The normalized spacial score (nSPS) is 15.0. The van der Waals surface area contributed by atoms with E-state index in [9.17, 15) is 0 Å². The number of nitrogens with one attached hydrogen (secondary N) is 1. The number of aryl methyl sites for hydroxylation is 1. The molecule has 0 amide bonds. The summed E-state index contributed by atoms with van der Waals surface area (Å²) < 4.78 is 7.57. The highest BCUT2D eigenvalue weighted by atomic mass is 16.5. The van der Waals surface area contributed by atoms with Crippen LogP contribution in [0.15, 0.2) is 18.5 Å². The number of aromatic nitrogens is 6. The van der Waals surface area contributed by atoms with Gasteiger partial charge in [-0.3, -0.25) is 0 Å². The van der Waals surface area contributed by atoms with Crippen LogP contribution in [0.3, 0.4) is 0 Å². The van der Waals surface area contributed by atoms with E-state index in [0.29, 0.717) is 30.9 Å². The van der Waals surface area contributed by atoms with E-state index in [-0.39, 0.29) is 6.04 Å². The van der Waals surface area contributed by atoms with Crippen LogP contribution in [0, 0.1) is 6.92 Å². The number of hydrogen-bond donors (Lipinski definition) is 1. The first-order valence-electron chi connectivity index (χ1n) is 8.77. The number of ether oxygens (including phenoxy) is 1. The molecule has 1 aliphatic rings. The lowest BCUT2D eigenvalue weighted by atomic mass is 10.3. The third-order valence-electron chi connectivity index (χ3n) is 4.31. The van der Waals surface area contributed by atoms with Crippen molar-refractivity contribution in [1.82, 2.24) is 29.5 Å². The van der Waals surface area contributed by atoms with Crippen LogP contribution in [-0.4, -0.2) is 55.8 Å². The van der Waals surface area contributed by atoms with Gasteiger partial charge in [0.15, 0.2) is 17.0 Å². The van der Waals surface area contributed by atoms with E-state index < -0.39 is 0 Å². The second kappa shape index (κ2) is 6.83. The first-order valence-corrected chi connectivity index (χ1v) is 8.77. The summed E-state index contributed by atoms with van der Waals surface area (Å²) >= 11 is 0. The molecule has 0 aromatic carbocycles. The van der Waals surface area contributed by atoms with E-state index in [1.165, 1.54) is 0 Å². The van der Waals surface area contributed by atoms with E-state index in [0.717, 1.165) is 30.1 Å². The molecule has 0 unspecified atom stereocenters. The molecule has 0 spiro atoms. The van der Waals surface area contributed by atoms with E-state index >= 15 is 0 Å². The summed E-state index contributed by atoms with van der Waals surface area (Å²) in [5.74, 6) is 2.67. The Hall–Kier alpha value is -2.81. The quantitative estimate of drug-likeness (QED) is 0.761. The van der Waals surface area contributed by atoms with Crippen molar-refractivity contribution in [2.24, 2.45) is 0 Å². The van der Waals surface area contributed by atoms with Crippen molar-refractivity contribution in [2.75, 3.05) is 36.5 Å². The van der Waals surface area contributed by atoms with E-state index in [1.807, 2.05) is 6.92 Å². The number of rotatable bonds is 4. The van der Waals surface area contributed by atoms with Crippen molar-refractivity contribution in [1.29, 1.82) is 0 Å². The number of imidazole rings is 1. The monoisotopic (exact) mass is 354 g/mol. The highest BCUT2D eigenvalue weighted by Crippen LogP contribution is 2.28. The Bertz CT molecular complexity index is 902. The molecule has 4 heterocycles. The number of hydrogen-bond acceptors (Lipinski definition) is 8. The number of morpholine rings is 1. The molecule has 0 atom stereocenters. The van der Waals surface area contributed by atoms with Gasteiger partial charge in [0, 0.05) is 31.5 Å². The molecule has 0 saturated carbocycles. The lowest BCUT2D eigenvalue weighted by Crippen LogP contribution is -2.37. The molecule has 9 heteroatoms. The average molecular weight is 354 g/mol. The molecule has 1 saturated heterocycles. The summed E-state index contributed by atoms with van der Waals surface area (Å²) in [6, 6.07) is 2.02. The van der Waals surface area contributed by atoms with Gasteiger partial charge < -0.3 is 19.5 Å². The van der Waals surface area contributed by atoms with Gasteiger partial charge in [-0.1, -0.05) is 0 Å². The molecular weight excluding hydrogens is 332 g/mol. The van der Waals surface area contributed by atoms with E-state index in [2.05, 4.69) is 38.6 Å². The maximum absolute atomic E-state index is 5.45. The molecular formula is C17H22N8O. The van der Waals surface area contributed by atoms with Gasteiger partial charge in [0.25, 0.3) is 0 Å². The SMILES string of the molecule is Cc1nc2c(Nc3ncccn3)nc(N3CCOCC3)nc2n1C(C)C. The van der Waals surface area contributed by atoms with Gasteiger partial charge >= 0.3 is 0 Å².